The molecule has 5 nitrogen and oxygen atoms in total. The zero-order chi connectivity index (χ0) is 15.5. The van der Waals surface area contributed by atoms with Crippen LogP contribution >= 0.6 is 0 Å². The second-order valence-corrected chi connectivity index (χ2v) is 4.92. The minimum Gasteiger partial charge on any atom is -0.493 e. The predicted octanol–water partition coefficient (Wildman–Crippen LogP) is 2.53. The lowest BCUT2D eigenvalue weighted by atomic mass is 10.2. The fourth-order valence-electron chi connectivity index (χ4n) is 1.85. The van der Waals surface area contributed by atoms with Crippen molar-refractivity contribution in [1.82, 2.24) is 5.32 Å². The monoisotopic (exact) mass is 293 g/mol. The Hall–Kier alpha value is -2.04. The van der Waals surface area contributed by atoms with Crippen molar-refractivity contribution >= 4 is 11.9 Å². The minimum absolute atomic E-state index is 0.0312. The summed E-state index contributed by atoms with van der Waals surface area (Å²) >= 11 is 0. The van der Waals surface area contributed by atoms with Gasteiger partial charge >= 0.3 is 5.97 Å². The summed E-state index contributed by atoms with van der Waals surface area (Å²) in [6.45, 7) is 3.13. The summed E-state index contributed by atoms with van der Waals surface area (Å²) in [6.07, 6.45) is 2.40. The van der Waals surface area contributed by atoms with E-state index in [0.29, 0.717) is 32.4 Å². The molecule has 0 spiro atoms. The first kappa shape index (κ1) is 17.0. The van der Waals surface area contributed by atoms with Crippen LogP contribution in [0, 0.1) is 6.92 Å². The van der Waals surface area contributed by atoms with Crippen LogP contribution in [0.25, 0.3) is 0 Å². The Kier molecular flexibility index (Phi) is 7.94. The normalized spacial score (nSPS) is 10.1. The fourth-order valence-corrected chi connectivity index (χ4v) is 1.85. The number of rotatable bonds is 10. The Morgan fingerprint density at radius 1 is 1.14 bits per heavy atom. The van der Waals surface area contributed by atoms with Crippen LogP contribution in [-0.2, 0) is 9.59 Å². The van der Waals surface area contributed by atoms with Crippen molar-refractivity contribution in [2.75, 3.05) is 13.2 Å². The molecule has 1 aromatic rings. The van der Waals surface area contributed by atoms with Crippen LogP contribution < -0.4 is 10.1 Å². The van der Waals surface area contributed by atoms with E-state index < -0.39 is 5.97 Å². The molecule has 0 saturated heterocycles. The first-order valence-electron chi connectivity index (χ1n) is 7.26. The first-order chi connectivity index (χ1) is 10.1. The predicted molar refractivity (Wildman–Crippen MR) is 80.4 cm³/mol. The number of aliphatic carboxylic acids is 1. The second kappa shape index (κ2) is 9.80. The molecule has 0 fully saturated rings. The Morgan fingerprint density at radius 3 is 2.57 bits per heavy atom. The zero-order valence-corrected chi connectivity index (χ0v) is 12.4. The van der Waals surface area contributed by atoms with Crippen LogP contribution in [0.15, 0.2) is 24.3 Å². The molecule has 0 radical (unpaired) electrons. The molecule has 5 heteroatoms. The minimum atomic E-state index is -0.816. The van der Waals surface area contributed by atoms with E-state index in [2.05, 4.69) is 5.32 Å². The lowest BCUT2D eigenvalue weighted by molar-refractivity contribution is -0.137. The third kappa shape index (κ3) is 7.97. The quantitative estimate of drug-likeness (QED) is 0.650. The number of carbonyl (C=O) groups excluding carboxylic acids is 1. The number of nitrogens with one attached hydrogen (secondary N) is 1. The molecule has 0 bridgehead atoms. The van der Waals surface area contributed by atoms with Gasteiger partial charge in [0.25, 0.3) is 0 Å². The topological polar surface area (TPSA) is 75.6 Å². The van der Waals surface area contributed by atoms with Crippen LogP contribution in [0.3, 0.4) is 0 Å². The lowest BCUT2D eigenvalue weighted by Gasteiger charge is -2.09. The van der Waals surface area contributed by atoms with Crippen LogP contribution in [0.4, 0.5) is 0 Å². The van der Waals surface area contributed by atoms with Gasteiger partial charge in [0.1, 0.15) is 5.75 Å². The van der Waals surface area contributed by atoms with Crippen molar-refractivity contribution in [2.45, 2.75) is 39.0 Å². The maximum Gasteiger partial charge on any atom is 0.303 e. The number of amides is 1. The van der Waals surface area contributed by atoms with Gasteiger partial charge in [0, 0.05) is 19.4 Å². The molecular weight excluding hydrogens is 270 g/mol. The van der Waals surface area contributed by atoms with Gasteiger partial charge in [-0.05, 0) is 37.8 Å². The molecule has 2 N–H and O–H groups in total. The summed E-state index contributed by atoms with van der Waals surface area (Å²) in [4.78, 5) is 21.8. The molecule has 0 atom stereocenters. The van der Waals surface area contributed by atoms with Gasteiger partial charge in [0.2, 0.25) is 5.91 Å². The van der Waals surface area contributed by atoms with Crippen molar-refractivity contribution < 1.29 is 19.4 Å². The number of hydrogen-bond donors (Lipinski definition) is 2. The third-order valence-electron chi connectivity index (χ3n) is 3.04. The molecule has 0 aliphatic rings. The number of benzene rings is 1. The molecule has 116 valence electrons. The molecule has 0 unspecified atom stereocenters. The van der Waals surface area contributed by atoms with E-state index in [0.717, 1.165) is 17.7 Å². The number of unbranched alkanes of at least 4 members (excludes halogenated alkanes) is 1. The van der Waals surface area contributed by atoms with Crippen molar-refractivity contribution in [3.8, 4) is 5.75 Å². The number of para-hydroxylation sites is 1. The molecule has 21 heavy (non-hydrogen) atoms. The van der Waals surface area contributed by atoms with Crippen molar-refractivity contribution in [3.63, 3.8) is 0 Å². The smallest absolute Gasteiger partial charge is 0.303 e. The summed E-state index contributed by atoms with van der Waals surface area (Å²) < 4.78 is 5.63. The molecule has 0 saturated carbocycles. The van der Waals surface area contributed by atoms with Crippen molar-refractivity contribution in [2.24, 2.45) is 0 Å². The maximum absolute atomic E-state index is 11.5. The van der Waals surface area contributed by atoms with Crippen molar-refractivity contribution in [3.05, 3.63) is 29.8 Å². The van der Waals surface area contributed by atoms with E-state index >= 15 is 0 Å². The van der Waals surface area contributed by atoms with Crippen LogP contribution in [0.5, 0.6) is 5.75 Å². The number of hydrogen-bond acceptors (Lipinski definition) is 3. The number of carboxylic acids is 1. The third-order valence-corrected chi connectivity index (χ3v) is 3.04. The Balaban J connectivity index is 2.02. The number of carbonyl (C=O) groups is 2. The fraction of sp³-hybridized carbons (Fsp3) is 0.500. The molecule has 0 aromatic heterocycles. The molecule has 1 amide bonds. The highest BCUT2D eigenvalue weighted by molar-refractivity contribution is 5.75. The SMILES string of the molecule is Cc1ccccc1OCCCNC(=O)CCCCC(=O)O. The van der Waals surface area contributed by atoms with Gasteiger partial charge < -0.3 is 15.2 Å². The second-order valence-electron chi connectivity index (χ2n) is 4.92. The number of carboxylic acid groups (broad SMARTS) is 1. The van der Waals surface area contributed by atoms with Gasteiger partial charge in [0.05, 0.1) is 6.61 Å². The number of aryl methyl sites for hydroxylation is 1. The van der Waals surface area contributed by atoms with Gasteiger partial charge in [-0.15, -0.1) is 0 Å². The zero-order valence-electron chi connectivity index (χ0n) is 12.4. The largest absolute Gasteiger partial charge is 0.493 e. The van der Waals surface area contributed by atoms with E-state index in [1.54, 1.807) is 0 Å². The van der Waals surface area contributed by atoms with E-state index in [4.69, 9.17) is 9.84 Å². The summed E-state index contributed by atoms with van der Waals surface area (Å²) in [5.41, 5.74) is 1.10. The Labute approximate surface area is 125 Å². The first-order valence-corrected chi connectivity index (χ1v) is 7.26. The lowest BCUT2D eigenvalue weighted by Crippen LogP contribution is -2.25. The molecule has 0 aliphatic carbocycles. The Bertz CT molecular complexity index is 459. The van der Waals surface area contributed by atoms with E-state index in [9.17, 15) is 9.59 Å². The highest BCUT2D eigenvalue weighted by Gasteiger charge is 2.03. The number of ether oxygens (including phenoxy) is 1. The van der Waals surface area contributed by atoms with Crippen LogP contribution in [-0.4, -0.2) is 30.1 Å². The summed E-state index contributed by atoms with van der Waals surface area (Å²) in [5, 5.41) is 11.3. The van der Waals surface area contributed by atoms with Gasteiger partial charge in [-0.2, -0.15) is 0 Å². The molecule has 1 rings (SSSR count). The van der Waals surface area contributed by atoms with E-state index in [1.807, 2.05) is 31.2 Å². The van der Waals surface area contributed by atoms with Gasteiger partial charge in [-0.3, -0.25) is 9.59 Å². The standard InChI is InChI=1S/C16H23NO4/c1-13-7-2-3-8-14(13)21-12-6-11-17-15(18)9-4-5-10-16(19)20/h2-3,7-8H,4-6,9-12H2,1H3,(H,17,18)(H,19,20). The van der Waals surface area contributed by atoms with Gasteiger partial charge in [0.15, 0.2) is 0 Å². The highest BCUT2D eigenvalue weighted by Crippen LogP contribution is 2.15. The highest BCUT2D eigenvalue weighted by atomic mass is 16.5. The van der Waals surface area contributed by atoms with Crippen LogP contribution in [0.2, 0.25) is 0 Å². The van der Waals surface area contributed by atoms with Gasteiger partial charge in [-0.1, -0.05) is 18.2 Å². The maximum atomic E-state index is 11.5. The molecule has 0 heterocycles. The van der Waals surface area contributed by atoms with E-state index in [1.165, 1.54) is 0 Å². The van der Waals surface area contributed by atoms with E-state index in [-0.39, 0.29) is 12.3 Å². The molecule has 1 aromatic carbocycles. The Morgan fingerprint density at radius 2 is 1.86 bits per heavy atom. The summed E-state index contributed by atoms with van der Waals surface area (Å²) in [5.74, 6) is 0.0255. The average Bonchev–Trinajstić information content (AvgIpc) is 2.45. The average molecular weight is 293 g/mol. The summed E-state index contributed by atoms with van der Waals surface area (Å²) in [6, 6.07) is 7.82. The molecular formula is C16H23NO4. The van der Waals surface area contributed by atoms with Crippen LogP contribution in [0.1, 0.15) is 37.7 Å². The van der Waals surface area contributed by atoms with Gasteiger partial charge in [-0.25, -0.2) is 0 Å². The molecule has 0 aliphatic heterocycles. The van der Waals surface area contributed by atoms with Crippen molar-refractivity contribution in [1.29, 1.82) is 0 Å². The summed E-state index contributed by atoms with van der Waals surface area (Å²) in [7, 11) is 0.